The van der Waals surface area contributed by atoms with E-state index in [9.17, 15) is 0 Å². The molecule has 0 radical (unpaired) electrons. The standard InChI is InChI=1S/C14H20Cl2N2O/c1-2-10-9-18(6-7-19-10)13(8-17)14-11(15)4-3-5-12(14)16/h3-5,10,13H,2,6-9,17H2,1H3. The quantitative estimate of drug-likeness (QED) is 0.929. The maximum absolute atomic E-state index is 6.29. The molecule has 0 saturated carbocycles. The molecule has 1 aromatic rings. The van der Waals surface area contributed by atoms with Crippen molar-refractivity contribution in [3.63, 3.8) is 0 Å². The number of hydrogen-bond donors (Lipinski definition) is 1. The molecule has 0 spiro atoms. The fourth-order valence-corrected chi connectivity index (χ4v) is 3.20. The van der Waals surface area contributed by atoms with Crippen molar-refractivity contribution < 1.29 is 4.74 Å². The molecule has 2 N–H and O–H groups in total. The SMILES string of the molecule is CCC1CN(C(CN)c2c(Cl)cccc2Cl)CCO1. The fourth-order valence-electron chi connectivity index (χ4n) is 2.55. The Morgan fingerprint density at radius 1 is 1.42 bits per heavy atom. The van der Waals surface area contributed by atoms with E-state index >= 15 is 0 Å². The lowest BCUT2D eigenvalue weighted by Crippen LogP contribution is -2.46. The number of ether oxygens (including phenoxy) is 1. The predicted molar refractivity (Wildman–Crippen MR) is 79.9 cm³/mol. The Kier molecular flexibility index (Phi) is 5.48. The summed E-state index contributed by atoms with van der Waals surface area (Å²) in [7, 11) is 0. The van der Waals surface area contributed by atoms with E-state index in [0.29, 0.717) is 16.6 Å². The van der Waals surface area contributed by atoms with Crippen molar-refractivity contribution in [2.45, 2.75) is 25.5 Å². The summed E-state index contributed by atoms with van der Waals surface area (Å²) < 4.78 is 5.70. The van der Waals surface area contributed by atoms with Gasteiger partial charge in [-0.15, -0.1) is 0 Å². The van der Waals surface area contributed by atoms with E-state index in [1.165, 1.54) is 0 Å². The van der Waals surface area contributed by atoms with Crippen LogP contribution in [0.1, 0.15) is 24.9 Å². The minimum Gasteiger partial charge on any atom is -0.376 e. The molecule has 2 rings (SSSR count). The molecule has 0 amide bonds. The van der Waals surface area contributed by atoms with Gasteiger partial charge in [0.15, 0.2) is 0 Å². The molecule has 1 aliphatic heterocycles. The molecule has 0 bridgehead atoms. The van der Waals surface area contributed by atoms with Crippen LogP contribution in [0.2, 0.25) is 10.0 Å². The summed E-state index contributed by atoms with van der Waals surface area (Å²) in [6.45, 7) is 5.10. The zero-order valence-electron chi connectivity index (χ0n) is 11.1. The summed E-state index contributed by atoms with van der Waals surface area (Å²) in [5.41, 5.74) is 6.90. The number of rotatable bonds is 4. The topological polar surface area (TPSA) is 38.5 Å². The largest absolute Gasteiger partial charge is 0.376 e. The molecule has 2 atom stereocenters. The molecular weight excluding hydrogens is 283 g/mol. The summed E-state index contributed by atoms with van der Waals surface area (Å²) in [5, 5.41) is 1.37. The summed E-state index contributed by atoms with van der Waals surface area (Å²) >= 11 is 12.6. The minimum atomic E-state index is 0.0548. The van der Waals surface area contributed by atoms with Crippen molar-refractivity contribution in [3.05, 3.63) is 33.8 Å². The van der Waals surface area contributed by atoms with Gasteiger partial charge in [-0.05, 0) is 18.6 Å². The predicted octanol–water partition coefficient (Wildman–Crippen LogP) is 3.10. The summed E-state index contributed by atoms with van der Waals surface area (Å²) in [5.74, 6) is 0. The van der Waals surface area contributed by atoms with Crippen molar-refractivity contribution in [1.82, 2.24) is 4.90 Å². The zero-order valence-corrected chi connectivity index (χ0v) is 12.6. The second-order valence-corrected chi connectivity index (χ2v) is 5.60. The lowest BCUT2D eigenvalue weighted by molar-refractivity contribution is -0.0437. The summed E-state index contributed by atoms with van der Waals surface area (Å²) in [6, 6.07) is 5.64. The number of nitrogens with two attached hydrogens (primary N) is 1. The van der Waals surface area contributed by atoms with Crippen molar-refractivity contribution in [1.29, 1.82) is 0 Å². The third-order valence-corrected chi connectivity index (χ3v) is 4.28. The van der Waals surface area contributed by atoms with Gasteiger partial charge in [0, 0.05) is 35.2 Å². The molecule has 1 fully saturated rings. The van der Waals surface area contributed by atoms with Gasteiger partial charge in [0.25, 0.3) is 0 Å². The number of halogens is 2. The highest BCUT2D eigenvalue weighted by atomic mass is 35.5. The molecule has 2 unspecified atom stereocenters. The smallest absolute Gasteiger partial charge is 0.0700 e. The van der Waals surface area contributed by atoms with Gasteiger partial charge in [-0.2, -0.15) is 0 Å². The highest BCUT2D eigenvalue weighted by Gasteiger charge is 2.28. The third-order valence-electron chi connectivity index (χ3n) is 3.62. The van der Waals surface area contributed by atoms with Gasteiger partial charge in [0.05, 0.1) is 18.8 Å². The first-order valence-electron chi connectivity index (χ1n) is 6.67. The molecule has 19 heavy (non-hydrogen) atoms. The van der Waals surface area contributed by atoms with E-state index in [4.69, 9.17) is 33.7 Å². The zero-order chi connectivity index (χ0) is 13.8. The van der Waals surface area contributed by atoms with Gasteiger partial charge < -0.3 is 10.5 Å². The molecule has 106 valence electrons. The fraction of sp³-hybridized carbons (Fsp3) is 0.571. The van der Waals surface area contributed by atoms with Crippen molar-refractivity contribution in [2.75, 3.05) is 26.2 Å². The highest BCUT2D eigenvalue weighted by molar-refractivity contribution is 6.36. The van der Waals surface area contributed by atoms with Gasteiger partial charge in [0.1, 0.15) is 0 Å². The van der Waals surface area contributed by atoms with Crippen molar-refractivity contribution in [3.8, 4) is 0 Å². The molecule has 0 aromatic heterocycles. The van der Waals surface area contributed by atoms with Gasteiger partial charge in [0.2, 0.25) is 0 Å². The summed E-state index contributed by atoms with van der Waals surface area (Å²) in [4.78, 5) is 2.32. The Balaban J connectivity index is 2.24. The van der Waals surface area contributed by atoms with E-state index in [-0.39, 0.29) is 12.1 Å². The molecule has 1 saturated heterocycles. The van der Waals surface area contributed by atoms with Crippen LogP contribution in [0.25, 0.3) is 0 Å². The first-order chi connectivity index (χ1) is 9.17. The van der Waals surface area contributed by atoms with Crippen molar-refractivity contribution in [2.24, 2.45) is 5.73 Å². The highest BCUT2D eigenvalue weighted by Crippen LogP contribution is 2.34. The lowest BCUT2D eigenvalue weighted by atomic mass is 10.0. The van der Waals surface area contributed by atoms with Crippen LogP contribution in [-0.4, -0.2) is 37.2 Å². The van der Waals surface area contributed by atoms with Crippen LogP contribution in [0.3, 0.4) is 0 Å². The van der Waals surface area contributed by atoms with E-state index in [2.05, 4.69) is 11.8 Å². The van der Waals surface area contributed by atoms with Crippen LogP contribution >= 0.6 is 23.2 Å². The Labute approximate surface area is 124 Å². The van der Waals surface area contributed by atoms with Gasteiger partial charge in [-0.25, -0.2) is 0 Å². The Hall–Kier alpha value is -0.320. The van der Waals surface area contributed by atoms with Crippen molar-refractivity contribution >= 4 is 23.2 Å². The molecule has 3 nitrogen and oxygen atoms in total. The summed E-state index contributed by atoms with van der Waals surface area (Å²) in [6.07, 6.45) is 1.27. The number of nitrogens with zero attached hydrogens (tertiary/aromatic N) is 1. The second kappa shape index (κ2) is 6.91. The Morgan fingerprint density at radius 2 is 2.11 bits per heavy atom. The average Bonchev–Trinajstić information content (AvgIpc) is 2.43. The van der Waals surface area contributed by atoms with Crippen LogP contribution in [0.5, 0.6) is 0 Å². The number of hydrogen-bond acceptors (Lipinski definition) is 3. The van der Waals surface area contributed by atoms with E-state index < -0.39 is 0 Å². The van der Waals surface area contributed by atoms with Crippen LogP contribution in [0.4, 0.5) is 0 Å². The van der Waals surface area contributed by atoms with E-state index in [0.717, 1.165) is 31.7 Å². The normalized spacial score (nSPS) is 22.4. The van der Waals surface area contributed by atoms with Crippen LogP contribution < -0.4 is 5.73 Å². The molecule has 1 heterocycles. The third kappa shape index (κ3) is 3.41. The average molecular weight is 303 g/mol. The molecule has 5 heteroatoms. The molecule has 1 aromatic carbocycles. The second-order valence-electron chi connectivity index (χ2n) is 4.78. The number of morpholine rings is 1. The minimum absolute atomic E-state index is 0.0548. The van der Waals surface area contributed by atoms with Gasteiger partial charge in [-0.1, -0.05) is 36.2 Å². The van der Waals surface area contributed by atoms with Crippen LogP contribution in [0.15, 0.2) is 18.2 Å². The monoisotopic (exact) mass is 302 g/mol. The Bertz CT molecular complexity index is 408. The van der Waals surface area contributed by atoms with Gasteiger partial charge in [-0.3, -0.25) is 4.90 Å². The van der Waals surface area contributed by atoms with Gasteiger partial charge >= 0.3 is 0 Å². The van der Waals surface area contributed by atoms with E-state index in [1.807, 2.05) is 18.2 Å². The molecule has 0 aliphatic carbocycles. The molecule has 1 aliphatic rings. The van der Waals surface area contributed by atoms with E-state index in [1.54, 1.807) is 0 Å². The van der Waals surface area contributed by atoms with Crippen LogP contribution in [-0.2, 0) is 4.74 Å². The lowest BCUT2D eigenvalue weighted by Gasteiger charge is -2.38. The first kappa shape index (κ1) is 15.1. The Morgan fingerprint density at radius 3 is 2.68 bits per heavy atom. The first-order valence-corrected chi connectivity index (χ1v) is 7.42. The molecular formula is C14H20Cl2N2O. The van der Waals surface area contributed by atoms with Crippen LogP contribution in [0, 0.1) is 0 Å². The maximum atomic E-state index is 6.29. The maximum Gasteiger partial charge on any atom is 0.0700 e. The number of benzene rings is 1.